The second kappa shape index (κ2) is 6.04. The van der Waals surface area contributed by atoms with Gasteiger partial charge in [-0.2, -0.15) is 0 Å². The van der Waals surface area contributed by atoms with Crippen molar-refractivity contribution < 1.29 is 4.79 Å². The summed E-state index contributed by atoms with van der Waals surface area (Å²) in [5.41, 5.74) is 0.942. The first-order chi connectivity index (χ1) is 7.57. The van der Waals surface area contributed by atoms with Gasteiger partial charge in [0.2, 0.25) is 5.91 Å². The van der Waals surface area contributed by atoms with Crippen molar-refractivity contribution in [2.24, 2.45) is 5.92 Å². The summed E-state index contributed by atoms with van der Waals surface area (Å²) in [7, 11) is 0. The monoisotopic (exact) mass is 283 g/mol. The summed E-state index contributed by atoms with van der Waals surface area (Å²) in [6, 6.07) is 9.76. The van der Waals surface area contributed by atoms with Gasteiger partial charge in [0.15, 0.2) is 0 Å². The minimum Gasteiger partial charge on any atom is -0.299 e. The number of para-hydroxylation sites is 1. The average molecular weight is 284 g/mol. The van der Waals surface area contributed by atoms with E-state index in [1.807, 2.05) is 30.3 Å². The molecule has 16 heavy (non-hydrogen) atoms. The van der Waals surface area contributed by atoms with E-state index < -0.39 is 0 Å². The van der Waals surface area contributed by atoms with Crippen molar-refractivity contribution in [2.45, 2.75) is 32.1 Å². The van der Waals surface area contributed by atoms with E-state index in [-0.39, 0.29) is 10.9 Å². The number of alkyl halides is 1. The third-order valence-corrected chi connectivity index (χ3v) is 4.05. The van der Waals surface area contributed by atoms with Gasteiger partial charge in [-0.25, -0.2) is 0 Å². The SMILES string of the molecule is CCC(C)C(Br)N(C(C)=O)c1ccccc1. The van der Waals surface area contributed by atoms with E-state index in [1.165, 1.54) is 0 Å². The van der Waals surface area contributed by atoms with E-state index in [0.717, 1.165) is 12.1 Å². The number of amides is 1. The molecule has 1 aromatic rings. The van der Waals surface area contributed by atoms with Gasteiger partial charge in [-0.3, -0.25) is 9.69 Å². The zero-order chi connectivity index (χ0) is 12.1. The van der Waals surface area contributed by atoms with E-state index >= 15 is 0 Å². The number of halogens is 1. The molecule has 2 atom stereocenters. The second-order valence-electron chi connectivity index (χ2n) is 3.98. The molecular formula is C13H18BrNO. The van der Waals surface area contributed by atoms with Crippen LogP contribution >= 0.6 is 15.9 Å². The smallest absolute Gasteiger partial charge is 0.224 e. The average Bonchev–Trinajstić information content (AvgIpc) is 2.29. The lowest BCUT2D eigenvalue weighted by Crippen LogP contribution is -2.38. The Kier molecular flexibility index (Phi) is 5.00. The summed E-state index contributed by atoms with van der Waals surface area (Å²) < 4.78 is 0. The number of hydrogen-bond acceptors (Lipinski definition) is 1. The maximum atomic E-state index is 11.7. The lowest BCUT2D eigenvalue weighted by molar-refractivity contribution is -0.116. The van der Waals surface area contributed by atoms with Crippen molar-refractivity contribution in [3.63, 3.8) is 0 Å². The van der Waals surface area contributed by atoms with Gasteiger partial charge in [0.1, 0.15) is 0 Å². The number of nitrogens with zero attached hydrogens (tertiary/aromatic N) is 1. The lowest BCUT2D eigenvalue weighted by atomic mass is 10.1. The standard InChI is InChI=1S/C13H18BrNO/c1-4-10(2)13(14)15(11(3)16)12-8-6-5-7-9-12/h5-10,13H,4H2,1-3H3. The molecule has 0 aliphatic rings. The number of benzene rings is 1. The van der Waals surface area contributed by atoms with Crippen LogP contribution in [0.2, 0.25) is 0 Å². The van der Waals surface area contributed by atoms with E-state index in [2.05, 4.69) is 29.8 Å². The molecule has 0 bridgehead atoms. The molecule has 0 spiro atoms. The summed E-state index contributed by atoms with van der Waals surface area (Å²) >= 11 is 3.61. The Morgan fingerprint density at radius 3 is 2.38 bits per heavy atom. The Hall–Kier alpha value is -0.830. The fourth-order valence-electron chi connectivity index (χ4n) is 1.54. The van der Waals surface area contributed by atoms with Crippen molar-refractivity contribution in [3.05, 3.63) is 30.3 Å². The highest BCUT2D eigenvalue weighted by molar-refractivity contribution is 9.09. The van der Waals surface area contributed by atoms with Crippen LogP contribution in [0.5, 0.6) is 0 Å². The molecule has 0 aliphatic carbocycles. The Morgan fingerprint density at radius 1 is 1.38 bits per heavy atom. The quantitative estimate of drug-likeness (QED) is 0.608. The predicted molar refractivity (Wildman–Crippen MR) is 71.8 cm³/mol. The maximum absolute atomic E-state index is 11.7. The highest BCUT2D eigenvalue weighted by Crippen LogP contribution is 2.26. The van der Waals surface area contributed by atoms with Crippen LogP contribution in [0.15, 0.2) is 30.3 Å². The molecule has 0 saturated heterocycles. The number of rotatable bonds is 4. The van der Waals surface area contributed by atoms with Crippen molar-refractivity contribution in [2.75, 3.05) is 4.90 Å². The molecule has 0 fully saturated rings. The summed E-state index contributed by atoms with van der Waals surface area (Å²) in [6.07, 6.45) is 1.03. The third kappa shape index (κ3) is 3.08. The van der Waals surface area contributed by atoms with E-state index in [4.69, 9.17) is 0 Å². The maximum Gasteiger partial charge on any atom is 0.224 e. The molecule has 0 saturated carbocycles. The molecule has 0 N–H and O–H groups in total. The summed E-state index contributed by atoms with van der Waals surface area (Å²) in [6.45, 7) is 5.87. The minimum absolute atomic E-state index is 0.0531. The molecule has 0 radical (unpaired) electrons. The van der Waals surface area contributed by atoms with Crippen LogP contribution in [-0.2, 0) is 4.79 Å². The normalized spacial score (nSPS) is 14.2. The summed E-state index contributed by atoms with van der Waals surface area (Å²) in [4.78, 5) is 13.6. The molecule has 2 nitrogen and oxygen atoms in total. The van der Waals surface area contributed by atoms with Crippen molar-refractivity contribution in [1.82, 2.24) is 0 Å². The molecule has 1 rings (SSSR count). The number of carbonyl (C=O) groups excluding carboxylic acids is 1. The summed E-state index contributed by atoms with van der Waals surface area (Å²) in [5, 5.41) is 0. The number of carbonyl (C=O) groups is 1. The van der Waals surface area contributed by atoms with Crippen LogP contribution in [0, 0.1) is 5.92 Å². The molecule has 3 heteroatoms. The minimum atomic E-state index is 0.0531. The van der Waals surface area contributed by atoms with Gasteiger partial charge in [0.05, 0.1) is 4.95 Å². The Labute approximate surface area is 106 Å². The van der Waals surface area contributed by atoms with Crippen molar-refractivity contribution >= 4 is 27.5 Å². The van der Waals surface area contributed by atoms with Gasteiger partial charge in [0, 0.05) is 12.6 Å². The first kappa shape index (κ1) is 13.2. The Bertz CT molecular complexity index is 339. The Morgan fingerprint density at radius 2 is 1.94 bits per heavy atom. The van der Waals surface area contributed by atoms with Crippen molar-refractivity contribution in [3.8, 4) is 0 Å². The van der Waals surface area contributed by atoms with E-state index in [1.54, 1.807) is 11.8 Å². The third-order valence-electron chi connectivity index (χ3n) is 2.73. The number of anilines is 1. The summed E-state index contributed by atoms with van der Waals surface area (Å²) in [5.74, 6) is 0.484. The Balaban J connectivity index is 2.96. The van der Waals surface area contributed by atoms with Gasteiger partial charge in [-0.1, -0.05) is 54.4 Å². The predicted octanol–water partition coefficient (Wildman–Crippen LogP) is 3.81. The fourth-order valence-corrected chi connectivity index (χ4v) is 2.43. The molecule has 88 valence electrons. The first-order valence-corrected chi connectivity index (χ1v) is 6.48. The van der Waals surface area contributed by atoms with Crippen LogP contribution in [0.3, 0.4) is 0 Å². The van der Waals surface area contributed by atoms with Crippen LogP contribution in [0.25, 0.3) is 0 Å². The largest absolute Gasteiger partial charge is 0.299 e. The van der Waals surface area contributed by atoms with Crippen LogP contribution < -0.4 is 4.90 Å². The molecule has 0 aromatic heterocycles. The highest BCUT2D eigenvalue weighted by Gasteiger charge is 2.24. The lowest BCUT2D eigenvalue weighted by Gasteiger charge is -2.30. The van der Waals surface area contributed by atoms with Gasteiger partial charge in [-0.05, 0) is 18.1 Å². The van der Waals surface area contributed by atoms with Gasteiger partial charge in [0.25, 0.3) is 0 Å². The van der Waals surface area contributed by atoms with Gasteiger partial charge >= 0.3 is 0 Å². The molecule has 0 aliphatic heterocycles. The highest BCUT2D eigenvalue weighted by atomic mass is 79.9. The fraction of sp³-hybridized carbons (Fsp3) is 0.462. The zero-order valence-electron chi connectivity index (χ0n) is 9.98. The van der Waals surface area contributed by atoms with Crippen molar-refractivity contribution in [1.29, 1.82) is 0 Å². The van der Waals surface area contributed by atoms with Crippen LogP contribution in [-0.4, -0.2) is 10.9 Å². The van der Waals surface area contributed by atoms with E-state index in [9.17, 15) is 4.79 Å². The second-order valence-corrected chi connectivity index (χ2v) is 4.92. The zero-order valence-corrected chi connectivity index (χ0v) is 11.6. The molecule has 1 amide bonds. The molecular weight excluding hydrogens is 266 g/mol. The topological polar surface area (TPSA) is 20.3 Å². The van der Waals surface area contributed by atoms with Crippen LogP contribution in [0.1, 0.15) is 27.2 Å². The molecule has 0 heterocycles. The number of hydrogen-bond donors (Lipinski definition) is 0. The van der Waals surface area contributed by atoms with Crippen LogP contribution in [0.4, 0.5) is 5.69 Å². The molecule has 2 unspecified atom stereocenters. The van der Waals surface area contributed by atoms with Gasteiger partial charge < -0.3 is 0 Å². The van der Waals surface area contributed by atoms with Gasteiger partial charge in [-0.15, -0.1) is 0 Å². The molecule has 1 aromatic carbocycles. The van der Waals surface area contributed by atoms with E-state index in [0.29, 0.717) is 5.92 Å². The first-order valence-electron chi connectivity index (χ1n) is 5.56.